The first-order valence-electron chi connectivity index (χ1n) is 5.63. The summed E-state index contributed by atoms with van der Waals surface area (Å²) in [6, 6.07) is 5.65. The summed E-state index contributed by atoms with van der Waals surface area (Å²) >= 11 is 9.24. The van der Waals surface area contributed by atoms with Gasteiger partial charge in [0.15, 0.2) is 0 Å². The molecule has 1 heterocycles. The number of aryl methyl sites for hydroxylation is 1. The number of aromatic nitrogens is 1. The maximum absolute atomic E-state index is 11.8. The van der Waals surface area contributed by atoms with Gasteiger partial charge in [-0.3, -0.25) is 0 Å². The quantitative estimate of drug-likeness (QED) is 0.575. The van der Waals surface area contributed by atoms with Crippen molar-refractivity contribution in [1.82, 2.24) is 4.98 Å². The molecule has 0 aliphatic carbocycles. The minimum atomic E-state index is -0.258. The van der Waals surface area contributed by atoms with E-state index >= 15 is 0 Å². The summed E-state index contributed by atoms with van der Waals surface area (Å²) in [5, 5.41) is 0.658. The zero-order valence-corrected chi connectivity index (χ0v) is 14.4. The number of hydrogen-bond donors (Lipinski definition) is 0. The summed E-state index contributed by atoms with van der Waals surface area (Å²) in [6.07, 6.45) is 0. The van der Waals surface area contributed by atoms with E-state index in [1.54, 1.807) is 6.92 Å². The fourth-order valence-corrected chi connectivity index (χ4v) is 4.04. The van der Waals surface area contributed by atoms with E-state index in [9.17, 15) is 4.79 Å². The summed E-state index contributed by atoms with van der Waals surface area (Å²) < 4.78 is 7.48. The Bertz CT molecular complexity index is 627. The first-order valence-corrected chi connectivity index (χ1v) is 8.51. The van der Waals surface area contributed by atoms with E-state index in [0.29, 0.717) is 16.1 Å². The number of halogens is 2. The van der Waals surface area contributed by atoms with E-state index in [2.05, 4.69) is 20.9 Å². The minimum absolute atomic E-state index is 0.121. The molecule has 6 heteroatoms. The van der Waals surface area contributed by atoms with Crippen LogP contribution in [-0.2, 0) is 4.74 Å². The Balaban J connectivity index is 2.38. The molecule has 0 N–H and O–H groups in total. The molecule has 0 atom stereocenters. The van der Waals surface area contributed by atoms with Crippen molar-refractivity contribution in [2.45, 2.75) is 13.8 Å². The van der Waals surface area contributed by atoms with Crippen molar-refractivity contribution in [3.8, 4) is 10.1 Å². The van der Waals surface area contributed by atoms with Gasteiger partial charge in [-0.25, -0.2) is 0 Å². The van der Waals surface area contributed by atoms with Crippen molar-refractivity contribution < 1.29 is 9.53 Å². The van der Waals surface area contributed by atoms with Crippen LogP contribution < -0.4 is 0 Å². The second-order valence-electron chi connectivity index (χ2n) is 3.78. The second-order valence-corrected chi connectivity index (χ2v) is 7.14. The van der Waals surface area contributed by atoms with Crippen LogP contribution >= 0.6 is 27.5 Å². The zero-order chi connectivity index (χ0) is 14.0. The zero-order valence-electron chi connectivity index (χ0n) is 10.4. The molecule has 0 radical (unpaired) electrons. The molecule has 0 saturated heterocycles. The predicted molar refractivity (Wildman–Crippen MR) is 80.0 cm³/mol. The topological polar surface area (TPSA) is 39.2 Å². The van der Waals surface area contributed by atoms with Crippen LogP contribution in [0, 0.1) is 6.92 Å². The predicted octanol–water partition coefficient (Wildman–Crippen LogP) is 3.71. The monoisotopic (exact) mass is 407 g/mol. The van der Waals surface area contributed by atoms with Gasteiger partial charge < -0.3 is 0 Å². The molecule has 0 saturated carbocycles. The third-order valence-corrected chi connectivity index (χ3v) is 6.13. The van der Waals surface area contributed by atoms with Gasteiger partial charge in [0, 0.05) is 0 Å². The Morgan fingerprint density at radius 2 is 2.26 bits per heavy atom. The Morgan fingerprint density at radius 1 is 1.53 bits per heavy atom. The molecule has 1 aromatic carbocycles. The third-order valence-electron chi connectivity index (χ3n) is 2.42. The molecule has 0 aliphatic heterocycles. The average molecular weight is 408 g/mol. The van der Waals surface area contributed by atoms with Crippen molar-refractivity contribution in [3.05, 3.63) is 37.8 Å². The molecular formula is C13H11BrClNO2Se. The molecular weight excluding hydrogens is 396 g/mol. The number of benzene rings is 1. The van der Waals surface area contributed by atoms with E-state index in [1.165, 1.54) is 0 Å². The van der Waals surface area contributed by atoms with Gasteiger partial charge in [-0.2, -0.15) is 0 Å². The van der Waals surface area contributed by atoms with Crippen molar-refractivity contribution in [1.29, 1.82) is 0 Å². The number of esters is 1. The Labute approximate surface area is 130 Å². The van der Waals surface area contributed by atoms with Gasteiger partial charge in [0.25, 0.3) is 0 Å². The van der Waals surface area contributed by atoms with Crippen LogP contribution in [0.1, 0.15) is 21.8 Å². The standard InChI is InChI=1S/C13H11BrClNO2Se/c1-3-18-13(17)11-7(2)16-12(19-11)8-4-5-10(15)9(14)6-8/h4-6H,3H2,1-2H3. The van der Waals surface area contributed by atoms with Gasteiger partial charge >= 0.3 is 131 Å². The number of ether oxygens (including phenoxy) is 1. The SMILES string of the molecule is CCOC(=O)c1[se]c(-c2ccc(Cl)c(Br)c2)nc1C. The average Bonchev–Trinajstić information content (AvgIpc) is 2.75. The van der Waals surface area contributed by atoms with Crippen molar-refractivity contribution >= 4 is 48.0 Å². The van der Waals surface area contributed by atoms with Gasteiger partial charge in [-0.15, -0.1) is 0 Å². The van der Waals surface area contributed by atoms with E-state index in [0.717, 1.165) is 20.3 Å². The molecule has 1 aromatic heterocycles. The van der Waals surface area contributed by atoms with Gasteiger partial charge in [0.1, 0.15) is 0 Å². The Kier molecular flexibility index (Phi) is 4.85. The number of nitrogens with zero attached hydrogens (tertiary/aromatic N) is 1. The summed E-state index contributed by atoms with van der Waals surface area (Å²) in [5.74, 6) is -0.258. The molecule has 0 fully saturated rings. The summed E-state index contributed by atoms with van der Waals surface area (Å²) in [5.41, 5.74) is 1.73. The maximum atomic E-state index is 11.8. The number of carbonyl (C=O) groups is 1. The van der Waals surface area contributed by atoms with Crippen molar-refractivity contribution in [2.24, 2.45) is 0 Å². The van der Waals surface area contributed by atoms with E-state index in [4.69, 9.17) is 16.3 Å². The van der Waals surface area contributed by atoms with Crippen LogP contribution in [0.3, 0.4) is 0 Å². The molecule has 2 rings (SSSR count). The molecule has 0 spiro atoms. The van der Waals surface area contributed by atoms with E-state index < -0.39 is 0 Å². The first-order chi connectivity index (χ1) is 9.02. The molecule has 0 bridgehead atoms. The van der Waals surface area contributed by atoms with Crippen LogP contribution in [0.4, 0.5) is 0 Å². The third kappa shape index (κ3) is 3.29. The molecule has 100 valence electrons. The van der Waals surface area contributed by atoms with Crippen LogP contribution in [-0.4, -0.2) is 32.1 Å². The number of rotatable bonds is 3. The van der Waals surface area contributed by atoms with Gasteiger partial charge in [0.2, 0.25) is 0 Å². The van der Waals surface area contributed by atoms with Gasteiger partial charge in [-0.1, -0.05) is 0 Å². The first kappa shape index (κ1) is 14.8. The van der Waals surface area contributed by atoms with Crippen LogP contribution in [0.5, 0.6) is 0 Å². The van der Waals surface area contributed by atoms with Crippen LogP contribution in [0.2, 0.25) is 5.02 Å². The summed E-state index contributed by atoms with van der Waals surface area (Å²) in [7, 11) is 0. The van der Waals surface area contributed by atoms with Gasteiger partial charge in [0.05, 0.1) is 0 Å². The summed E-state index contributed by atoms with van der Waals surface area (Å²) in [4.78, 5) is 16.3. The fraction of sp³-hybridized carbons (Fsp3) is 0.231. The van der Waals surface area contributed by atoms with Crippen molar-refractivity contribution in [2.75, 3.05) is 6.61 Å². The second kappa shape index (κ2) is 6.23. The van der Waals surface area contributed by atoms with Gasteiger partial charge in [-0.05, 0) is 0 Å². The Hall–Kier alpha value is -0.611. The molecule has 0 aliphatic rings. The van der Waals surface area contributed by atoms with Crippen LogP contribution in [0.25, 0.3) is 10.1 Å². The molecule has 0 unspecified atom stereocenters. The molecule has 3 nitrogen and oxygen atoms in total. The van der Waals surface area contributed by atoms with Crippen LogP contribution in [0.15, 0.2) is 22.7 Å². The number of carbonyl (C=O) groups excluding carboxylic acids is 1. The Morgan fingerprint density at radius 3 is 2.89 bits per heavy atom. The normalized spacial score (nSPS) is 10.5. The molecule has 19 heavy (non-hydrogen) atoms. The summed E-state index contributed by atoms with van der Waals surface area (Å²) in [6.45, 7) is 4.02. The van der Waals surface area contributed by atoms with Crippen molar-refractivity contribution in [3.63, 3.8) is 0 Å². The van der Waals surface area contributed by atoms with E-state index in [-0.39, 0.29) is 20.5 Å². The molecule has 2 aromatic rings. The number of hydrogen-bond acceptors (Lipinski definition) is 3. The molecule has 0 amide bonds. The van der Waals surface area contributed by atoms with E-state index in [1.807, 2.05) is 25.1 Å². The fourth-order valence-electron chi connectivity index (χ4n) is 1.54.